The summed E-state index contributed by atoms with van der Waals surface area (Å²) in [5, 5.41) is 3.47. The zero-order chi connectivity index (χ0) is 31.2. The van der Waals surface area contributed by atoms with Gasteiger partial charge in [-0.05, 0) is 80.2 Å². The molecule has 0 radical (unpaired) electrons. The van der Waals surface area contributed by atoms with Crippen LogP contribution in [0.3, 0.4) is 0 Å². The third-order valence-electron chi connectivity index (χ3n) is 6.94. The van der Waals surface area contributed by atoms with Crippen molar-refractivity contribution in [1.82, 2.24) is 14.9 Å². The third-order valence-corrected chi connectivity index (χ3v) is 6.94. The first-order valence-electron chi connectivity index (χ1n) is 15.3. The van der Waals surface area contributed by atoms with Gasteiger partial charge in [-0.15, -0.1) is 0 Å². The summed E-state index contributed by atoms with van der Waals surface area (Å²) in [6, 6.07) is 22.4. The number of amides is 1. The second-order valence-corrected chi connectivity index (χ2v) is 9.79. The van der Waals surface area contributed by atoms with E-state index in [-0.39, 0.29) is 5.91 Å². The molecule has 43 heavy (non-hydrogen) atoms. The lowest BCUT2D eigenvalue weighted by atomic mass is 10.1. The Bertz CT molecular complexity index is 1440. The van der Waals surface area contributed by atoms with Crippen molar-refractivity contribution in [2.45, 2.75) is 40.5 Å². The molecular formula is C34H47N7O2. The fourth-order valence-corrected chi connectivity index (χ4v) is 4.65. The van der Waals surface area contributed by atoms with Crippen LogP contribution in [-0.2, 0) is 4.79 Å². The average Bonchev–Trinajstić information content (AvgIpc) is 3.48. The topological polar surface area (TPSA) is 112 Å². The van der Waals surface area contributed by atoms with E-state index in [1.807, 2.05) is 64.1 Å². The van der Waals surface area contributed by atoms with Gasteiger partial charge in [0.2, 0.25) is 5.91 Å². The first kappa shape index (κ1) is 33.1. The van der Waals surface area contributed by atoms with E-state index < -0.39 is 0 Å². The Hall–Kier alpha value is -4.37. The number of benzene rings is 3. The number of aromatic amines is 1. The van der Waals surface area contributed by atoms with Crippen LogP contribution in [0.25, 0.3) is 22.4 Å². The summed E-state index contributed by atoms with van der Waals surface area (Å²) in [5.74, 6) is 2.00. The number of nitrogens with two attached hydrogens (primary N) is 1. The number of nitrogens with zero attached hydrogens (tertiary/aromatic N) is 4. The summed E-state index contributed by atoms with van der Waals surface area (Å²) in [6.07, 6.45) is 0.922. The van der Waals surface area contributed by atoms with Crippen molar-refractivity contribution < 1.29 is 9.53 Å². The predicted molar refractivity (Wildman–Crippen MR) is 180 cm³/mol. The Morgan fingerprint density at radius 2 is 1.65 bits per heavy atom. The van der Waals surface area contributed by atoms with Crippen LogP contribution in [0.1, 0.15) is 46.1 Å². The monoisotopic (exact) mass is 585 g/mol. The normalized spacial score (nSPS) is 13.4. The smallest absolute Gasteiger partial charge is 0.217 e. The van der Waals surface area contributed by atoms with Gasteiger partial charge >= 0.3 is 0 Å². The summed E-state index contributed by atoms with van der Waals surface area (Å²) in [4.78, 5) is 28.3. The number of imidazole rings is 1. The van der Waals surface area contributed by atoms with Crippen molar-refractivity contribution in [3.05, 3.63) is 72.3 Å². The molecule has 4 N–H and O–H groups in total. The average molecular weight is 586 g/mol. The molecule has 1 aliphatic heterocycles. The van der Waals surface area contributed by atoms with Crippen LogP contribution in [0.5, 0.6) is 5.75 Å². The maximum atomic E-state index is 10.9. The maximum absolute atomic E-state index is 10.9. The minimum Gasteiger partial charge on any atom is -0.494 e. The minimum atomic E-state index is -0.314. The van der Waals surface area contributed by atoms with Gasteiger partial charge < -0.3 is 30.6 Å². The molecule has 1 fully saturated rings. The highest BCUT2D eigenvalue weighted by atomic mass is 16.5. The number of H-pyrrole nitrogens is 1. The second-order valence-electron chi connectivity index (χ2n) is 9.79. The molecule has 1 amide bonds. The van der Waals surface area contributed by atoms with E-state index in [1.165, 1.54) is 5.69 Å². The maximum Gasteiger partial charge on any atom is 0.217 e. The van der Waals surface area contributed by atoms with E-state index in [1.54, 1.807) is 7.05 Å². The number of nitrogens with one attached hydrogen (secondary N) is 2. The Morgan fingerprint density at radius 3 is 2.28 bits per heavy atom. The number of likely N-dealkylation sites (N-methyl/N-ethyl adjacent to an activating group) is 1. The Labute approximate surface area is 256 Å². The minimum absolute atomic E-state index is 0.314. The van der Waals surface area contributed by atoms with E-state index >= 15 is 0 Å². The number of ether oxygens (including phenoxy) is 1. The van der Waals surface area contributed by atoms with Gasteiger partial charge in [0.1, 0.15) is 17.4 Å². The van der Waals surface area contributed by atoms with E-state index in [2.05, 4.69) is 62.5 Å². The number of fused-ring (bicyclic) bond motifs is 1. The molecule has 0 bridgehead atoms. The van der Waals surface area contributed by atoms with Crippen molar-refractivity contribution >= 4 is 34.2 Å². The number of anilines is 2. The number of amidine groups is 1. The standard InChI is InChI=1S/C30H35N7O2.2C2H6/c1-32-29(33-23-8-10-24(11-9-23)37-17-15-36(2)16-18-37)22-7-14-26-27(20-22)35-30(34-26)21-5-12-25(13-6-21)39-19-3-4-28(31)38;2*1-2/h5-14,20H,3-4,15-19H2,1-2H3,(H2,31,38)(H,32,33)(H,34,35);2*1-2H3. The molecule has 5 rings (SSSR count). The fraction of sp³-hybridized carbons (Fsp3) is 0.382. The molecule has 1 aromatic heterocycles. The number of rotatable bonds is 9. The SMILES string of the molecule is CC.CC.CN=C(Nc1ccc(N2CCN(C)CC2)cc1)c1ccc2nc(-c3ccc(OCCCC(N)=O)cc3)[nH]c2c1. The zero-order valence-corrected chi connectivity index (χ0v) is 26.5. The number of hydrogen-bond acceptors (Lipinski definition) is 6. The Kier molecular flexibility index (Phi) is 13.0. The number of aliphatic imine (C=N–C) groups is 1. The van der Waals surface area contributed by atoms with Gasteiger partial charge in [-0.3, -0.25) is 9.79 Å². The molecule has 1 saturated heterocycles. The summed E-state index contributed by atoms with van der Waals surface area (Å²) >= 11 is 0. The number of piperazine rings is 1. The number of carbonyl (C=O) groups is 1. The third kappa shape index (κ3) is 9.31. The number of aromatic nitrogens is 2. The molecule has 3 aromatic carbocycles. The highest BCUT2D eigenvalue weighted by Gasteiger charge is 2.14. The van der Waals surface area contributed by atoms with Gasteiger partial charge in [-0.2, -0.15) is 0 Å². The van der Waals surface area contributed by atoms with E-state index in [0.717, 1.165) is 71.4 Å². The van der Waals surface area contributed by atoms with Gasteiger partial charge in [-0.25, -0.2) is 4.98 Å². The van der Waals surface area contributed by atoms with Crippen molar-refractivity contribution in [2.75, 3.05) is 57.1 Å². The molecule has 9 nitrogen and oxygen atoms in total. The Morgan fingerprint density at radius 1 is 0.977 bits per heavy atom. The van der Waals surface area contributed by atoms with Gasteiger partial charge in [0.25, 0.3) is 0 Å². The van der Waals surface area contributed by atoms with Crippen molar-refractivity contribution in [1.29, 1.82) is 0 Å². The van der Waals surface area contributed by atoms with Crippen LogP contribution in [0, 0.1) is 0 Å². The van der Waals surface area contributed by atoms with Gasteiger partial charge in [0.05, 0.1) is 17.6 Å². The largest absolute Gasteiger partial charge is 0.494 e. The van der Waals surface area contributed by atoms with Crippen LogP contribution in [0.4, 0.5) is 11.4 Å². The van der Waals surface area contributed by atoms with Gasteiger partial charge in [-0.1, -0.05) is 27.7 Å². The van der Waals surface area contributed by atoms with Crippen LogP contribution in [0.2, 0.25) is 0 Å². The quantitative estimate of drug-likeness (QED) is 0.123. The van der Waals surface area contributed by atoms with Crippen molar-refractivity contribution in [3.8, 4) is 17.1 Å². The number of hydrogen-bond donors (Lipinski definition) is 3. The molecule has 9 heteroatoms. The molecular weight excluding hydrogens is 538 g/mol. The number of primary amides is 1. The summed E-state index contributed by atoms with van der Waals surface area (Å²) in [7, 11) is 3.96. The van der Waals surface area contributed by atoms with Gasteiger partial charge in [0, 0.05) is 62.1 Å². The molecule has 0 atom stereocenters. The van der Waals surface area contributed by atoms with Crippen LogP contribution in [-0.4, -0.2) is 73.5 Å². The van der Waals surface area contributed by atoms with Crippen LogP contribution < -0.4 is 20.7 Å². The molecule has 0 unspecified atom stereocenters. The lowest BCUT2D eigenvalue weighted by molar-refractivity contribution is -0.118. The fourth-order valence-electron chi connectivity index (χ4n) is 4.65. The molecule has 0 aliphatic carbocycles. The predicted octanol–water partition coefficient (Wildman–Crippen LogP) is 6.17. The van der Waals surface area contributed by atoms with Crippen molar-refractivity contribution in [3.63, 3.8) is 0 Å². The molecule has 2 heterocycles. The highest BCUT2D eigenvalue weighted by molar-refractivity contribution is 6.09. The highest BCUT2D eigenvalue weighted by Crippen LogP contribution is 2.25. The second kappa shape index (κ2) is 16.9. The van der Waals surface area contributed by atoms with E-state index in [0.29, 0.717) is 19.4 Å². The zero-order valence-electron chi connectivity index (χ0n) is 26.5. The molecule has 0 spiro atoms. The van der Waals surface area contributed by atoms with Crippen LogP contribution in [0.15, 0.2) is 71.7 Å². The molecule has 4 aromatic rings. The Balaban J connectivity index is 0.00000121. The summed E-state index contributed by atoms with van der Waals surface area (Å²) < 4.78 is 5.69. The van der Waals surface area contributed by atoms with Gasteiger partial charge in [0.15, 0.2) is 0 Å². The van der Waals surface area contributed by atoms with E-state index in [9.17, 15) is 4.79 Å². The first-order chi connectivity index (χ1) is 21.0. The molecule has 230 valence electrons. The summed E-state index contributed by atoms with van der Waals surface area (Å²) in [5.41, 5.74) is 11.2. The van der Waals surface area contributed by atoms with Crippen LogP contribution >= 0.6 is 0 Å². The summed E-state index contributed by atoms with van der Waals surface area (Å²) in [6.45, 7) is 12.7. The van der Waals surface area contributed by atoms with E-state index in [4.69, 9.17) is 15.5 Å². The van der Waals surface area contributed by atoms with Crippen molar-refractivity contribution in [2.24, 2.45) is 10.7 Å². The lowest BCUT2D eigenvalue weighted by Crippen LogP contribution is -2.44. The lowest BCUT2D eigenvalue weighted by Gasteiger charge is -2.34. The molecule has 1 aliphatic rings. The number of carbonyl (C=O) groups excluding carboxylic acids is 1. The first-order valence-corrected chi connectivity index (χ1v) is 15.3. The molecule has 0 saturated carbocycles.